The number of ketones is 2. The average Bonchev–Trinajstić information content (AvgIpc) is 3.61. The molecule has 18 nitrogen and oxygen atoms in total. The minimum atomic E-state index is -1.76. The molecular formula is C32H47N8O10P. The Labute approximate surface area is 297 Å². The van der Waals surface area contributed by atoms with Crippen molar-refractivity contribution in [1.29, 1.82) is 5.26 Å². The van der Waals surface area contributed by atoms with E-state index >= 15 is 0 Å². The van der Waals surface area contributed by atoms with Crippen LogP contribution in [0.1, 0.15) is 79.9 Å². The molecule has 1 aliphatic heterocycles. The Kier molecular flexibility index (Phi) is 15.8. The SMILES string of the molecule is CC(=O)CCC(=O)O[C@@H]1[C@H](OC(=O)CCC(C)=O)[C@@H](COP(OCCC#N)N(C(C)C)C(C)C)O[C@H]1n1cnc2c(=O)[nH]c(/N=C/N(C)C)nc21. The first-order valence-corrected chi connectivity index (χ1v) is 17.7. The first-order valence-electron chi connectivity index (χ1n) is 16.5. The van der Waals surface area contributed by atoms with Crippen molar-refractivity contribution in [2.75, 3.05) is 27.3 Å². The number of carbonyl (C=O) groups excluding carboxylic acids is 4. The van der Waals surface area contributed by atoms with Crippen molar-refractivity contribution < 1.29 is 42.4 Å². The summed E-state index contributed by atoms with van der Waals surface area (Å²) < 4.78 is 33.9. The number of imidazole rings is 1. The van der Waals surface area contributed by atoms with Crippen molar-refractivity contribution in [3.63, 3.8) is 0 Å². The number of hydrogen-bond donors (Lipinski definition) is 1. The number of nitrogens with zero attached hydrogens (tertiary/aromatic N) is 7. The lowest BCUT2D eigenvalue weighted by Crippen LogP contribution is -2.41. The van der Waals surface area contributed by atoms with Crippen molar-refractivity contribution in [3.05, 3.63) is 16.7 Å². The average molecular weight is 735 g/mol. The van der Waals surface area contributed by atoms with Crippen LogP contribution in [0.4, 0.5) is 5.95 Å². The molecule has 1 saturated heterocycles. The molecule has 1 N–H and O–H groups in total. The summed E-state index contributed by atoms with van der Waals surface area (Å²) >= 11 is 0. The number of hydrogen-bond acceptors (Lipinski definition) is 15. The van der Waals surface area contributed by atoms with Crippen LogP contribution in [-0.4, -0.2) is 117 Å². The van der Waals surface area contributed by atoms with Crippen LogP contribution < -0.4 is 5.56 Å². The number of H-pyrrole nitrogens is 1. The number of rotatable bonds is 20. The van der Waals surface area contributed by atoms with Gasteiger partial charge in [0.15, 0.2) is 29.6 Å². The maximum absolute atomic E-state index is 13.1. The van der Waals surface area contributed by atoms with Crippen molar-refractivity contribution in [3.8, 4) is 6.07 Å². The van der Waals surface area contributed by atoms with E-state index in [2.05, 4.69) is 26.0 Å². The fourth-order valence-corrected chi connectivity index (χ4v) is 6.71. The highest BCUT2D eigenvalue weighted by Gasteiger charge is 2.51. The van der Waals surface area contributed by atoms with Gasteiger partial charge in [0.2, 0.25) is 5.95 Å². The minimum absolute atomic E-state index is 0.0172. The maximum Gasteiger partial charge on any atom is 0.306 e. The highest BCUT2D eigenvalue weighted by molar-refractivity contribution is 7.44. The number of esters is 2. The first kappa shape index (κ1) is 41.3. The molecule has 0 aliphatic carbocycles. The number of aromatic nitrogens is 4. The summed E-state index contributed by atoms with van der Waals surface area (Å²) in [5.74, 6) is -2.02. The highest BCUT2D eigenvalue weighted by atomic mass is 31.2. The summed E-state index contributed by atoms with van der Waals surface area (Å²) in [4.78, 5) is 79.6. The largest absolute Gasteiger partial charge is 0.455 e. The molecule has 1 aliphatic rings. The smallest absolute Gasteiger partial charge is 0.306 e. The van der Waals surface area contributed by atoms with Gasteiger partial charge in [-0.1, -0.05) is 0 Å². The van der Waals surface area contributed by atoms with Gasteiger partial charge in [-0.05, 0) is 41.5 Å². The molecule has 3 heterocycles. The zero-order valence-electron chi connectivity index (χ0n) is 30.2. The lowest BCUT2D eigenvalue weighted by molar-refractivity contribution is -0.169. The van der Waals surface area contributed by atoms with Gasteiger partial charge in [0.25, 0.3) is 14.1 Å². The lowest BCUT2D eigenvalue weighted by Gasteiger charge is -2.36. The zero-order chi connectivity index (χ0) is 37.8. The van der Waals surface area contributed by atoms with Gasteiger partial charge in [-0.2, -0.15) is 10.2 Å². The van der Waals surface area contributed by atoms with Gasteiger partial charge in [0.05, 0.1) is 51.2 Å². The fraction of sp³-hybridized carbons (Fsp3) is 0.656. The van der Waals surface area contributed by atoms with Gasteiger partial charge in [-0.25, -0.2) is 14.6 Å². The van der Waals surface area contributed by atoms with E-state index in [-0.39, 0.29) is 86.1 Å². The number of ether oxygens (including phenoxy) is 3. The second-order valence-electron chi connectivity index (χ2n) is 12.6. The van der Waals surface area contributed by atoms with Crippen LogP contribution in [0.2, 0.25) is 0 Å². The predicted octanol–water partition coefficient (Wildman–Crippen LogP) is 3.09. The molecule has 0 saturated carbocycles. The van der Waals surface area contributed by atoms with Gasteiger partial charge >= 0.3 is 11.9 Å². The Hall–Kier alpha value is -4.14. The monoisotopic (exact) mass is 734 g/mol. The molecule has 19 heteroatoms. The Bertz CT molecular complexity index is 1640. The van der Waals surface area contributed by atoms with Crippen molar-refractivity contribution >= 4 is 55.5 Å². The van der Waals surface area contributed by atoms with Crippen molar-refractivity contribution in [1.82, 2.24) is 29.1 Å². The number of aromatic amines is 1. The first-order chi connectivity index (χ1) is 24.1. The van der Waals surface area contributed by atoms with Crippen LogP contribution in [-0.2, 0) is 42.4 Å². The van der Waals surface area contributed by atoms with E-state index in [1.54, 1.807) is 19.0 Å². The molecule has 0 radical (unpaired) electrons. The van der Waals surface area contributed by atoms with Crippen LogP contribution in [0, 0.1) is 11.3 Å². The molecule has 5 atom stereocenters. The fourth-order valence-electron chi connectivity index (χ4n) is 5.09. The summed E-state index contributed by atoms with van der Waals surface area (Å²) in [6.07, 6.45) is -2.79. The number of Topliss-reactive ketones (excluding diaryl/α,β-unsaturated/α-hetero) is 2. The Morgan fingerprint density at radius 3 is 2.20 bits per heavy atom. The van der Waals surface area contributed by atoms with E-state index in [9.17, 15) is 24.0 Å². The van der Waals surface area contributed by atoms with Crippen LogP contribution in [0.3, 0.4) is 0 Å². The normalized spacial score (nSPS) is 19.6. The number of nitrogens with one attached hydrogen (secondary N) is 1. The molecule has 0 aromatic carbocycles. The second kappa shape index (κ2) is 19.5. The van der Waals surface area contributed by atoms with Gasteiger partial charge in [-0.3, -0.25) is 23.9 Å². The van der Waals surface area contributed by atoms with E-state index < -0.39 is 50.6 Å². The molecule has 2 aromatic rings. The summed E-state index contributed by atoms with van der Waals surface area (Å²) in [5.41, 5.74) is -0.611. The molecule has 280 valence electrons. The highest BCUT2D eigenvalue weighted by Crippen LogP contribution is 2.47. The third kappa shape index (κ3) is 12.0. The van der Waals surface area contributed by atoms with Crippen molar-refractivity contribution in [2.24, 2.45) is 4.99 Å². The van der Waals surface area contributed by atoms with E-state index in [4.69, 9.17) is 28.5 Å². The van der Waals surface area contributed by atoms with Gasteiger partial charge in [0, 0.05) is 39.0 Å². The van der Waals surface area contributed by atoms with E-state index in [1.807, 2.05) is 32.4 Å². The van der Waals surface area contributed by atoms with Crippen LogP contribution >= 0.6 is 8.53 Å². The molecule has 3 rings (SSSR count). The maximum atomic E-state index is 13.1. The van der Waals surface area contributed by atoms with Crippen LogP contribution in [0.5, 0.6) is 0 Å². The van der Waals surface area contributed by atoms with E-state index in [1.165, 1.54) is 31.1 Å². The van der Waals surface area contributed by atoms with E-state index in [0.717, 1.165) is 0 Å². The summed E-state index contributed by atoms with van der Waals surface area (Å²) in [6.45, 7) is 10.5. The molecular weight excluding hydrogens is 687 g/mol. The Morgan fingerprint density at radius 2 is 1.65 bits per heavy atom. The second-order valence-corrected chi connectivity index (χ2v) is 14.1. The lowest BCUT2D eigenvalue weighted by atomic mass is 10.1. The predicted molar refractivity (Wildman–Crippen MR) is 185 cm³/mol. The topological polar surface area (TPSA) is 221 Å². The number of nitriles is 1. The third-order valence-corrected chi connectivity index (χ3v) is 9.37. The summed E-state index contributed by atoms with van der Waals surface area (Å²) in [6, 6.07) is 2.02. The van der Waals surface area contributed by atoms with Crippen LogP contribution in [0.15, 0.2) is 16.1 Å². The number of carbonyl (C=O) groups is 4. The molecule has 2 aromatic heterocycles. The third-order valence-electron chi connectivity index (χ3n) is 7.30. The molecule has 51 heavy (non-hydrogen) atoms. The standard InChI is InChI=1S/C32H47N8O10P/c1-19(2)40(20(3)4)51(46-15-9-14-33)47-16-23-27(49-24(43)12-10-21(5)41)28(50-25(44)13-11-22(6)42)31(48-23)39-18-34-26-29(39)36-32(37-30(26)45)35-17-38(7)8/h17-20,23,27-28,31H,9-13,15-16H2,1-8H3,(H,36,37,45)/b35-17+/t23-,27-,28-,31-,51?/m1/s1. The quantitative estimate of drug-likeness (QED) is 0.0679. The molecule has 1 unspecified atom stereocenters. The minimum Gasteiger partial charge on any atom is -0.455 e. The van der Waals surface area contributed by atoms with Gasteiger partial charge in [0.1, 0.15) is 17.7 Å². The summed E-state index contributed by atoms with van der Waals surface area (Å²) in [5, 5.41) is 9.12. The number of aliphatic imine (C=N–C) groups is 1. The van der Waals surface area contributed by atoms with E-state index in [0.29, 0.717) is 0 Å². The molecule has 0 amide bonds. The van der Waals surface area contributed by atoms with Crippen molar-refractivity contribution in [2.45, 2.75) is 110 Å². The van der Waals surface area contributed by atoms with Crippen LogP contribution in [0.25, 0.3) is 11.2 Å². The van der Waals surface area contributed by atoms with Gasteiger partial charge < -0.3 is 37.7 Å². The molecule has 1 fully saturated rings. The molecule has 0 bridgehead atoms. The Morgan fingerprint density at radius 1 is 1.04 bits per heavy atom. The molecule has 0 spiro atoms. The number of fused-ring (bicyclic) bond motifs is 1. The Balaban J connectivity index is 2.11. The van der Waals surface area contributed by atoms with Gasteiger partial charge in [-0.15, -0.1) is 0 Å². The zero-order valence-corrected chi connectivity index (χ0v) is 31.1. The summed E-state index contributed by atoms with van der Waals surface area (Å²) in [7, 11) is 1.72.